The molecule has 0 aliphatic carbocycles. The first-order valence-corrected chi connectivity index (χ1v) is 10.3. The fourth-order valence-corrected chi connectivity index (χ4v) is 4.30. The number of aromatic nitrogens is 1. The molecule has 0 amide bonds. The predicted molar refractivity (Wildman–Crippen MR) is 121 cm³/mol. The summed E-state index contributed by atoms with van der Waals surface area (Å²) in [6.45, 7) is 0. The number of nitrogens with one attached hydrogen (secondary N) is 1. The number of benzene rings is 2. The van der Waals surface area contributed by atoms with Gasteiger partial charge in [-0.3, -0.25) is 5.32 Å². The van der Waals surface area contributed by atoms with E-state index in [1.165, 1.54) is 0 Å². The van der Waals surface area contributed by atoms with Crippen LogP contribution in [0.25, 0.3) is 0 Å². The molecule has 1 aromatic heterocycles. The summed E-state index contributed by atoms with van der Waals surface area (Å²) in [5.74, 6) is 3.37. The van der Waals surface area contributed by atoms with Crippen LogP contribution >= 0.6 is 0 Å². The Morgan fingerprint density at radius 2 is 1.44 bits per heavy atom. The van der Waals surface area contributed by atoms with Crippen molar-refractivity contribution >= 4 is 0 Å². The van der Waals surface area contributed by atoms with E-state index in [1.807, 2.05) is 36.4 Å². The average Bonchev–Trinajstić information content (AvgIpc) is 2.86. The van der Waals surface area contributed by atoms with Gasteiger partial charge < -0.3 is 23.7 Å². The molecule has 0 fully saturated rings. The zero-order chi connectivity index (χ0) is 22.7. The van der Waals surface area contributed by atoms with E-state index >= 15 is 0 Å². The van der Waals surface area contributed by atoms with Crippen molar-refractivity contribution in [3.8, 4) is 28.9 Å². The van der Waals surface area contributed by atoms with E-state index < -0.39 is 0 Å². The lowest BCUT2D eigenvalue weighted by molar-refractivity contribution is 0.347. The van der Waals surface area contributed by atoms with Crippen molar-refractivity contribution < 1.29 is 23.7 Å². The standard InChI is InChI=1S/C25H28N2O5/c1-28-20-9-8-15(12-21(20)29-2)24-18-14-23(31-4)22(30-3)13-16(18)11-19(27-24)17-7-6-10-26-25(17)32-5/h6-10,12-14,19,24,27H,11H2,1-5H3/t19-,24-/m1/s1. The fraction of sp³-hybridized carbons (Fsp3) is 0.320. The van der Waals surface area contributed by atoms with Gasteiger partial charge in [0.05, 0.1) is 41.6 Å². The van der Waals surface area contributed by atoms with E-state index in [0.717, 1.165) is 28.7 Å². The molecule has 7 heteroatoms. The smallest absolute Gasteiger partial charge is 0.217 e. The number of nitrogens with zero attached hydrogens (tertiary/aromatic N) is 1. The number of methoxy groups -OCH3 is 5. The maximum atomic E-state index is 5.59. The number of hydrogen-bond donors (Lipinski definition) is 1. The molecule has 2 heterocycles. The molecule has 4 rings (SSSR count). The highest BCUT2D eigenvalue weighted by molar-refractivity contribution is 5.54. The van der Waals surface area contributed by atoms with Crippen molar-refractivity contribution in [2.24, 2.45) is 0 Å². The van der Waals surface area contributed by atoms with E-state index in [9.17, 15) is 0 Å². The monoisotopic (exact) mass is 436 g/mol. The van der Waals surface area contributed by atoms with Crippen molar-refractivity contribution in [3.05, 3.63) is 70.9 Å². The highest BCUT2D eigenvalue weighted by Gasteiger charge is 2.32. The van der Waals surface area contributed by atoms with Crippen LogP contribution in [0.4, 0.5) is 0 Å². The Kier molecular flexibility index (Phi) is 6.37. The summed E-state index contributed by atoms with van der Waals surface area (Å²) in [4.78, 5) is 4.39. The van der Waals surface area contributed by atoms with Gasteiger partial charge in [-0.05, 0) is 53.4 Å². The molecule has 0 saturated heterocycles. The zero-order valence-corrected chi connectivity index (χ0v) is 19.0. The normalized spacial score (nSPS) is 17.3. The topological polar surface area (TPSA) is 71.1 Å². The highest BCUT2D eigenvalue weighted by atomic mass is 16.5. The molecular formula is C25H28N2O5. The molecule has 2 aromatic carbocycles. The molecule has 1 aliphatic heterocycles. The van der Waals surface area contributed by atoms with Crippen LogP contribution < -0.4 is 29.0 Å². The van der Waals surface area contributed by atoms with Crippen LogP contribution in [0, 0.1) is 0 Å². The van der Waals surface area contributed by atoms with Gasteiger partial charge in [0.2, 0.25) is 5.88 Å². The van der Waals surface area contributed by atoms with Crippen LogP contribution in [0.5, 0.6) is 28.9 Å². The molecule has 7 nitrogen and oxygen atoms in total. The van der Waals surface area contributed by atoms with E-state index in [0.29, 0.717) is 28.9 Å². The summed E-state index contributed by atoms with van der Waals surface area (Å²) < 4.78 is 27.7. The Labute approximate surface area is 188 Å². The molecule has 0 spiro atoms. The van der Waals surface area contributed by atoms with Gasteiger partial charge >= 0.3 is 0 Å². The second-order valence-electron chi connectivity index (χ2n) is 7.48. The number of rotatable bonds is 7. The second-order valence-corrected chi connectivity index (χ2v) is 7.48. The van der Waals surface area contributed by atoms with Crippen molar-refractivity contribution in [2.75, 3.05) is 35.5 Å². The summed E-state index contributed by atoms with van der Waals surface area (Å²) in [6.07, 6.45) is 2.49. The van der Waals surface area contributed by atoms with Gasteiger partial charge in [0.15, 0.2) is 23.0 Å². The van der Waals surface area contributed by atoms with Gasteiger partial charge in [-0.15, -0.1) is 0 Å². The summed E-state index contributed by atoms with van der Waals surface area (Å²) in [5, 5.41) is 3.78. The molecule has 168 valence electrons. The zero-order valence-electron chi connectivity index (χ0n) is 19.0. The molecule has 2 atom stereocenters. The largest absolute Gasteiger partial charge is 0.493 e. The maximum absolute atomic E-state index is 5.59. The van der Waals surface area contributed by atoms with Crippen LogP contribution in [0.3, 0.4) is 0 Å². The predicted octanol–water partition coefficient (Wildman–Crippen LogP) is 4.10. The SMILES string of the molecule is COc1ccc([C@H]2N[C@@H](c3cccnc3OC)Cc3cc(OC)c(OC)cc32)cc1OC. The highest BCUT2D eigenvalue weighted by Crippen LogP contribution is 2.43. The summed E-state index contributed by atoms with van der Waals surface area (Å²) in [5.41, 5.74) is 4.33. The molecule has 0 unspecified atom stereocenters. The minimum absolute atomic E-state index is 0.0117. The van der Waals surface area contributed by atoms with Gasteiger partial charge in [0.1, 0.15) is 0 Å². The van der Waals surface area contributed by atoms with Gasteiger partial charge in [-0.25, -0.2) is 4.98 Å². The summed E-state index contributed by atoms with van der Waals surface area (Å²) >= 11 is 0. The first kappa shape index (κ1) is 21.8. The number of fused-ring (bicyclic) bond motifs is 1. The first-order valence-electron chi connectivity index (χ1n) is 10.3. The first-order chi connectivity index (χ1) is 15.6. The summed E-state index contributed by atoms with van der Waals surface area (Å²) in [6, 6.07) is 13.9. The molecule has 3 aromatic rings. The van der Waals surface area contributed by atoms with Crippen molar-refractivity contribution in [3.63, 3.8) is 0 Å². The average molecular weight is 437 g/mol. The Hall–Kier alpha value is -3.45. The van der Waals surface area contributed by atoms with Crippen LogP contribution in [0.15, 0.2) is 48.7 Å². The van der Waals surface area contributed by atoms with Gasteiger partial charge in [0.25, 0.3) is 0 Å². The third-order valence-electron chi connectivity index (χ3n) is 5.86. The Morgan fingerprint density at radius 3 is 2.12 bits per heavy atom. The quantitative estimate of drug-likeness (QED) is 0.598. The summed E-state index contributed by atoms with van der Waals surface area (Å²) in [7, 11) is 8.21. The minimum atomic E-state index is -0.117. The van der Waals surface area contributed by atoms with Gasteiger partial charge in [-0.1, -0.05) is 12.1 Å². The third-order valence-corrected chi connectivity index (χ3v) is 5.86. The van der Waals surface area contributed by atoms with Crippen LogP contribution in [0.2, 0.25) is 0 Å². The molecule has 32 heavy (non-hydrogen) atoms. The molecule has 0 saturated carbocycles. The van der Waals surface area contributed by atoms with E-state index in [2.05, 4.69) is 16.4 Å². The lowest BCUT2D eigenvalue weighted by atomic mass is 9.84. The van der Waals surface area contributed by atoms with Gasteiger partial charge in [0, 0.05) is 17.8 Å². The minimum Gasteiger partial charge on any atom is -0.493 e. The van der Waals surface area contributed by atoms with Gasteiger partial charge in [-0.2, -0.15) is 0 Å². The molecule has 0 radical (unpaired) electrons. The van der Waals surface area contributed by atoms with E-state index in [1.54, 1.807) is 41.7 Å². The van der Waals surface area contributed by atoms with Crippen LogP contribution in [-0.4, -0.2) is 40.5 Å². The lowest BCUT2D eigenvalue weighted by Gasteiger charge is -2.35. The molecule has 1 N–H and O–H groups in total. The number of ether oxygens (including phenoxy) is 5. The van der Waals surface area contributed by atoms with Crippen LogP contribution in [0.1, 0.15) is 34.3 Å². The Bertz CT molecular complexity index is 1100. The van der Waals surface area contributed by atoms with Crippen molar-refractivity contribution in [2.45, 2.75) is 18.5 Å². The van der Waals surface area contributed by atoms with Crippen molar-refractivity contribution in [1.82, 2.24) is 10.3 Å². The second kappa shape index (κ2) is 9.36. The van der Waals surface area contributed by atoms with Crippen LogP contribution in [-0.2, 0) is 6.42 Å². The van der Waals surface area contributed by atoms with E-state index in [4.69, 9.17) is 23.7 Å². The van der Waals surface area contributed by atoms with Crippen molar-refractivity contribution in [1.29, 1.82) is 0 Å². The molecular weight excluding hydrogens is 408 g/mol. The molecule has 0 bridgehead atoms. The number of pyridine rings is 1. The lowest BCUT2D eigenvalue weighted by Crippen LogP contribution is -2.34. The third kappa shape index (κ3) is 3.91. The number of hydrogen-bond acceptors (Lipinski definition) is 7. The fourth-order valence-electron chi connectivity index (χ4n) is 4.30. The Morgan fingerprint density at radius 1 is 0.750 bits per heavy atom. The Balaban J connectivity index is 1.86. The maximum Gasteiger partial charge on any atom is 0.217 e. The van der Waals surface area contributed by atoms with E-state index in [-0.39, 0.29) is 12.1 Å². The molecule has 1 aliphatic rings.